The maximum atomic E-state index is 11.1. The molecule has 0 bridgehead atoms. The third kappa shape index (κ3) is 7.57. The second-order valence-electron chi connectivity index (χ2n) is 5.70. The van der Waals surface area contributed by atoms with Gasteiger partial charge in [0, 0.05) is 12.8 Å². The van der Waals surface area contributed by atoms with Crippen molar-refractivity contribution in [2.24, 2.45) is 5.92 Å². The lowest BCUT2D eigenvalue weighted by Gasteiger charge is -2.21. The SMILES string of the molecule is CCC(=O)CCCCCCCC1CCCCC1. The Morgan fingerprint density at radius 1 is 0.941 bits per heavy atom. The lowest BCUT2D eigenvalue weighted by Crippen LogP contribution is -2.05. The molecule has 0 radical (unpaired) electrons. The topological polar surface area (TPSA) is 17.1 Å². The maximum Gasteiger partial charge on any atom is 0.132 e. The van der Waals surface area contributed by atoms with Crippen molar-refractivity contribution in [2.75, 3.05) is 0 Å². The van der Waals surface area contributed by atoms with Crippen molar-refractivity contribution in [3.05, 3.63) is 0 Å². The lowest BCUT2D eigenvalue weighted by molar-refractivity contribution is -0.118. The molecule has 1 heteroatoms. The van der Waals surface area contributed by atoms with Crippen molar-refractivity contribution in [1.82, 2.24) is 0 Å². The van der Waals surface area contributed by atoms with Crippen LogP contribution in [0.3, 0.4) is 0 Å². The summed E-state index contributed by atoms with van der Waals surface area (Å²) in [6.45, 7) is 1.96. The van der Waals surface area contributed by atoms with E-state index in [-0.39, 0.29) is 0 Å². The Morgan fingerprint density at radius 2 is 1.59 bits per heavy atom. The van der Waals surface area contributed by atoms with E-state index in [9.17, 15) is 4.79 Å². The largest absolute Gasteiger partial charge is 0.300 e. The molecule has 0 N–H and O–H groups in total. The van der Waals surface area contributed by atoms with Gasteiger partial charge in [0.25, 0.3) is 0 Å². The molecule has 100 valence electrons. The van der Waals surface area contributed by atoms with Crippen LogP contribution < -0.4 is 0 Å². The first-order valence-corrected chi connectivity index (χ1v) is 7.84. The normalized spacial score (nSPS) is 17.2. The van der Waals surface area contributed by atoms with Gasteiger partial charge in [-0.3, -0.25) is 4.79 Å². The number of rotatable bonds is 9. The van der Waals surface area contributed by atoms with Gasteiger partial charge in [0.1, 0.15) is 5.78 Å². The van der Waals surface area contributed by atoms with Gasteiger partial charge in [0.2, 0.25) is 0 Å². The van der Waals surface area contributed by atoms with Gasteiger partial charge >= 0.3 is 0 Å². The van der Waals surface area contributed by atoms with Crippen LogP contribution in [0.25, 0.3) is 0 Å². The minimum Gasteiger partial charge on any atom is -0.300 e. The van der Waals surface area contributed by atoms with Gasteiger partial charge in [-0.1, -0.05) is 71.1 Å². The number of hydrogen-bond acceptors (Lipinski definition) is 1. The molecule has 0 saturated heterocycles. The Kier molecular flexibility index (Phi) is 8.38. The van der Waals surface area contributed by atoms with E-state index in [0.29, 0.717) is 5.78 Å². The Hall–Kier alpha value is -0.330. The van der Waals surface area contributed by atoms with Gasteiger partial charge in [-0.05, 0) is 12.3 Å². The van der Waals surface area contributed by atoms with E-state index in [1.165, 1.54) is 64.2 Å². The van der Waals surface area contributed by atoms with Crippen molar-refractivity contribution in [3.8, 4) is 0 Å². The second kappa shape index (κ2) is 9.67. The molecule has 1 saturated carbocycles. The summed E-state index contributed by atoms with van der Waals surface area (Å²) in [5.41, 5.74) is 0. The van der Waals surface area contributed by atoms with Crippen LogP contribution in [0, 0.1) is 5.92 Å². The molecule has 0 unspecified atom stereocenters. The maximum absolute atomic E-state index is 11.1. The standard InChI is InChI=1S/C16H30O/c1-2-16(17)14-10-5-3-4-7-11-15-12-8-6-9-13-15/h15H,2-14H2,1H3. The average Bonchev–Trinajstić information content (AvgIpc) is 2.38. The van der Waals surface area contributed by atoms with Crippen LogP contribution >= 0.6 is 0 Å². The van der Waals surface area contributed by atoms with Crippen molar-refractivity contribution >= 4 is 5.78 Å². The molecule has 0 aromatic heterocycles. The fraction of sp³-hybridized carbons (Fsp3) is 0.938. The number of carbonyl (C=O) groups excluding carboxylic acids is 1. The highest BCUT2D eigenvalue weighted by Crippen LogP contribution is 2.28. The van der Waals surface area contributed by atoms with Gasteiger partial charge in [-0.15, -0.1) is 0 Å². The first-order valence-electron chi connectivity index (χ1n) is 7.84. The highest BCUT2D eigenvalue weighted by molar-refractivity contribution is 5.77. The summed E-state index contributed by atoms with van der Waals surface area (Å²) in [6.07, 6.45) is 16.9. The lowest BCUT2D eigenvalue weighted by atomic mass is 9.85. The third-order valence-electron chi connectivity index (χ3n) is 4.19. The van der Waals surface area contributed by atoms with Crippen LogP contribution in [0.15, 0.2) is 0 Å². The van der Waals surface area contributed by atoms with E-state index in [1.54, 1.807) is 0 Å². The highest BCUT2D eigenvalue weighted by atomic mass is 16.1. The van der Waals surface area contributed by atoms with E-state index >= 15 is 0 Å². The van der Waals surface area contributed by atoms with Gasteiger partial charge in [-0.25, -0.2) is 0 Å². The molecule has 17 heavy (non-hydrogen) atoms. The van der Waals surface area contributed by atoms with Crippen molar-refractivity contribution in [1.29, 1.82) is 0 Å². The molecule has 0 amide bonds. The van der Waals surface area contributed by atoms with Gasteiger partial charge in [0.05, 0.1) is 0 Å². The Morgan fingerprint density at radius 3 is 2.29 bits per heavy atom. The monoisotopic (exact) mass is 238 g/mol. The molecule has 0 spiro atoms. The summed E-state index contributed by atoms with van der Waals surface area (Å²) < 4.78 is 0. The Bertz CT molecular complexity index is 192. The molecule has 0 atom stereocenters. The summed E-state index contributed by atoms with van der Waals surface area (Å²) in [6, 6.07) is 0. The van der Waals surface area contributed by atoms with E-state index < -0.39 is 0 Å². The first-order chi connectivity index (χ1) is 8.33. The van der Waals surface area contributed by atoms with Crippen LogP contribution in [0.1, 0.15) is 90.4 Å². The van der Waals surface area contributed by atoms with Gasteiger partial charge < -0.3 is 0 Å². The molecule has 0 heterocycles. The zero-order valence-electron chi connectivity index (χ0n) is 11.7. The number of hydrogen-bond donors (Lipinski definition) is 0. The highest BCUT2D eigenvalue weighted by Gasteiger charge is 2.12. The van der Waals surface area contributed by atoms with Crippen LogP contribution in [0.4, 0.5) is 0 Å². The van der Waals surface area contributed by atoms with Crippen molar-refractivity contribution < 1.29 is 4.79 Å². The van der Waals surface area contributed by atoms with Gasteiger partial charge in [-0.2, -0.15) is 0 Å². The van der Waals surface area contributed by atoms with Crippen LogP contribution in [0.5, 0.6) is 0 Å². The number of Topliss-reactive ketones (excluding diaryl/α,β-unsaturated/α-hetero) is 1. The summed E-state index contributed by atoms with van der Waals surface area (Å²) in [5.74, 6) is 1.48. The second-order valence-corrected chi connectivity index (χ2v) is 5.70. The molecule has 0 aliphatic heterocycles. The minimum absolute atomic E-state index is 0.437. The quantitative estimate of drug-likeness (QED) is 0.500. The fourth-order valence-corrected chi connectivity index (χ4v) is 2.94. The molecule has 1 fully saturated rings. The van der Waals surface area contributed by atoms with Crippen molar-refractivity contribution in [3.63, 3.8) is 0 Å². The zero-order chi connectivity index (χ0) is 12.3. The Balaban J connectivity index is 1.82. The molecule has 1 rings (SSSR count). The summed E-state index contributed by atoms with van der Waals surface area (Å²) in [5, 5.41) is 0. The van der Waals surface area contributed by atoms with Crippen molar-refractivity contribution in [2.45, 2.75) is 90.4 Å². The molecular formula is C16H30O. The van der Waals surface area contributed by atoms with E-state index in [0.717, 1.165) is 25.2 Å². The molecule has 1 aliphatic carbocycles. The number of ketones is 1. The average molecular weight is 238 g/mol. The van der Waals surface area contributed by atoms with Crippen LogP contribution in [-0.2, 0) is 4.79 Å². The summed E-state index contributed by atoms with van der Waals surface area (Å²) in [7, 11) is 0. The first kappa shape index (κ1) is 14.7. The van der Waals surface area contributed by atoms with Crippen LogP contribution in [-0.4, -0.2) is 5.78 Å². The molecule has 0 aromatic rings. The smallest absolute Gasteiger partial charge is 0.132 e. The summed E-state index contributed by atoms with van der Waals surface area (Å²) >= 11 is 0. The molecule has 1 aliphatic rings. The van der Waals surface area contributed by atoms with E-state index in [1.807, 2.05) is 6.92 Å². The molecule has 0 aromatic carbocycles. The molecule has 1 nitrogen and oxygen atoms in total. The summed E-state index contributed by atoms with van der Waals surface area (Å²) in [4.78, 5) is 11.1. The minimum atomic E-state index is 0.437. The van der Waals surface area contributed by atoms with Gasteiger partial charge in [0.15, 0.2) is 0 Å². The van der Waals surface area contributed by atoms with E-state index in [2.05, 4.69) is 0 Å². The molecular weight excluding hydrogens is 208 g/mol. The number of carbonyl (C=O) groups is 1. The van der Waals surface area contributed by atoms with Crippen LogP contribution in [0.2, 0.25) is 0 Å². The predicted octanol–water partition coefficient (Wildman–Crippen LogP) is 5.28. The third-order valence-corrected chi connectivity index (χ3v) is 4.19. The number of unbranched alkanes of at least 4 members (excludes halogenated alkanes) is 4. The fourth-order valence-electron chi connectivity index (χ4n) is 2.94. The van der Waals surface area contributed by atoms with E-state index in [4.69, 9.17) is 0 Å². The predicted molar refractivity (Wildman–Crippen MR) is 74.2 cm³/mol. The Labute approximate surface area is 107 Å². The zero-order valence-corrected chi connectivity index (χ0v) is 11.7.